The number of likely N-dealkylation sites (tertiary alicyclic amines) is 1. The number of aromatic nitrogens is 2. The second-order valence-corrected chi connectivity index (χ2v) is 5.07. The van der Waals surface area contributed by atoms with Crippen molar-refractivity contribution in [3.63, 3.8) is 0 Å². The first-order valence-electron chi connectivity index (χ1n) is 5.58. The molecule has 1 aromatic rings. The van der Waals surface area contributed by atoms with E-state index in [-0.39, 0.29) is 0 Å². The molecule has 0 aliphatic carbocycles. The maximum atomic E-state index is 9.91. The van der Waals surface area contributed by atoms with Crippen LogP contribution in [0.25, 0.3) is 0 Å². The molecule has 2 rings (SSSR count). The van der Waals surface area contributed by atoms with Gasteiger partial charge in [-0.1, -0.05) is 18.5 Å². The summed E-state index contributed by atoms with van der Waals surface area (Å²) in [7, 11) is 1.90. The minimum Gasteiger partial charge on any atom is -0.387 e. The number of rotatable bonds is 3. The topological polar surface area (TPSA) is 41.3 Å². The zero-order chi connectivity index (χ0) is 11.9. The Balaban J connectivity index is 2.02. The molecule has 4 nitrogen and oxygen atoms in total. The van der Waals surface area contributed by atoms with Gasteiger partial charge >= 0.3 is 0 Å². The van der Waals surface area contributed by atoms with Crippen molar-refractivity contribution in [1.29, 1.82) is 0 Å². The van der Waals surface area contributed by atoms with Crippen molar-refractivity contribution in [1.82, 2.24) is 14.7 Å². The molecule has 90 valence electrons. The Kier molecular flexibility index (Phi) is 2.99. The molecule has 0 amide bonds. The van der Waals surface area contributed by atoms with E-state index in [4.69, 9.17) is 11.6 Å². The summed E-state index contributed by atoms with van der Waals surface area (Å²) in [6.07, 6.45) is 0.807. The van der Waals surface area contributed by atoms with E-state index < -0.39 is 5.60 Å². The average molecular weight is 244 g/mol. The molecule has 0 unspecified atom stereocenters. The van der Waals surface area contributed by atoms with Gasteiger partial charge in [-0.15, -0.1) is 0 Å². The van der Waals surface area contributed by atoms with Crippen LogP contribution in [-0.2, 0) is 13.6 Å². The summed E-state index contributed by atoms with van der Waals surface area (Å²) in [6.45, 7) is 6.13. The van der Waals surface area contributed by atoms with E-state index in [9.17, 15) is 5.11 Å². The maximum Gasteiger partial charge on any atom is 0.0897 e. The van der Waals surface area contributed by atoms with Gasteiger partial charge in [0, 0.05) is 26.7 Å². The van der Waals surface area contributed by atoms with E-state index in [0.29, 0.717) is 0 Å². The van der Waals surface area contributed by atoms with Crippen LogP contribution in [0.5, 0.6) is 0 Å². The molecule has 16 heavy (non-hydrogen) atoms. The summed E-state index contributed by atoms with van der Waals surface area (Å²) in [5, 5.41) is 14.9. The van der Waals surface area contributed by atoms with Crippen LogP contribution in [0.1, 0.15) is 24.7 Å². The van der Waals surface area contributed by atoms with Crippen LogP contribution < -0.4 is 0 Å². The van der Waals surface area contributed by atoms with Gasteiger partial charge in [-0.3, -0.25) is 9.58 Å². The molecule has 0 saturated carbocycles. The predicted octanol–water partition coefficient (Wildman–Crippen LogP) is 1.34. The lowest BCUT2D eigenvalue weighted by molar-refractivity contribution is -0.104. The second-order valence-electron chi connectivity index (χ2n) is 4.69. The maximum absolute atomic E-state index is 9.91. The van der Waals surface area contributed by atoms with E-state index >= 15 is 0 Å². The molecule has 0 atom stereocenters. The molecule has 1 aliphatic rings. The van der Waals surface area contributed by atoms with Crippen LogP contribution in [0.15, 0.2) is 0 Å². The van der Waals surface area contributed by atoms with Gasteiger partial charge in [-0.25, -0.2) is 0 Å². The summed E-state index contributed by atoms with van der Waals surface area (Å²) in [5.41, 5.74) is 1.41. The van der Waals surface area contributed by atoms with Crippen LogP contribution in [0.4, 0.5) is 0 Å². The van der Waals surface area contributed by atoms with Crippen molar-refractivity contribution in [3.8, 4) is 0 Å². The fourth-order valence-corrected chi connectivity index (χ4v) is 2.41. The monoisotopic (exact) mass is 243 g/mol. The van der Waals surface area contributed by atoms with Crippen LogP contribution in [0.2, 0.25) is 5.02 Å². The Labute approximate surface area is 101 Å². The molecule has 1 aliphatic heterocycles. The summed E-state index contributed by atoms with van der Waals surface area (Å²) in [5.74, 6) is 0. The molecule has 1 saturated heterocycles. The van der Waals surface area contributed by atoms with Crippen molar-refractivity contribution in [2.45, 2.75) is 32.4 Å². The van der Waals surface area contributed by atoms with Gasteiger partial charge in [-0.2, -0.15) is 5.10 Å². The zero-order valence-electron chi connectivity index (χ0n) is 10.00. The van der Waals surface area contributed by atoms with E-state index in [2.05, 4.69) is 10.00 Å². The fourth-order valence-electron chi connectivity index (χ4n) is 2.19. The fraction of sp³-hybridized carbons (Fsp3) is 0.727. The van der Waals surface area contributed by atoms with Gasteiger partial charge in [0.2, 0.25) is 0 Å². The highest BCUT2D eigenvalue weighted by Gasteiger charge is 2.39. The molecule has 1 aromatic heterocycles. The van der Waals surface area contributed by atoms with E-state index in [1.807, 2.05) is 25.6 Å². The molecule has 0 aromatic carbocycles. The van der Waals surface area contributed by atoms with Gasteiger partial charge in [0.25, 0.3) is 0 Å². The zero-order valence-corrected chi connectivity index (χ0v) is 10.8. The Bertz CT molecular complexity index is 396. The van der Waals surface area contributed by atoms with Crippen LogP contribution in [0, 0.1) is 6.92 Å². The van der Waals surface area contributed by atoms with E-state index in [1.54, 1.807) is 0 Å². The molecule has 0 radical (unpaired) electrons. The largest absolute Gasteiger partial charge is 0.387 e. The summed E-state index contributed by atoms with van der Waals surface area (Å²) in [4.78, 5) is 2.19. The van der Waals surface area contributed by atoms with Gasteiger partial charge in [0.05, 0.1) is 22.0 Å². The molecule has 5 heteroatoms. The smallest absolute Gasteiger partial charge is 0.0897 e. The third-order valence-corrected chi connectivity index (χ3v) is 3.82. The average Bonchev–Trinajstić information content (AvgIpc) is 2.42. The lowest BCUT2D eigenvalue weighted by Crippen LogP contribution is -2.60. The van der Waals surface area contributed by atoms with Crippen molar-refractivity contribution in [3.05, 3.63) is 16.4 Å². The Morgan fingerprint density at radius 2 is 2.12 bits per heavy atom. The number of halogens is 1. The molecule has 1 fully saturated rings. The van der Waals surface area contributed by atoms with Crippen molar-refractivity contribution in [2.24, 2.45) is 7.05 Å². The van der Waals surface area contributed by atoms with Gasteiger partial charge < -0.3 is 5.11 Å². The summed E-state index contributed by atoms with van der Waals surface area (Å²) >= 11 is 6.17. The highest BCUT2D eigenvalue weighted by Crippen LogP contribution is 2.28. The summed E-state index contributed by atoms with van der Waals surface area (Å²) in [6, 6.07) is 0. The van der Waals surface area contributed by atoms with Crippen LogP contribution in [0.3, 0.4) is 0 Å². The van der Waals surface area contributed by atoms with Gasteiger partial charge in [0.15, 0.2) is 0 Å². The quantitative estimate of drug-likeness (QED) is 0.871. The Hall–Kier alpha value is -0.580. The number of aliphatic hydroxyl groups is 1. The molecule has 2 heterocycles. The Morgan fingerprint density at radius 1 is 1.50 bits per heavy atom. The first kappa shape index (κ1) is 11.9. The third-order valence-electron chi connectivity index (χ3n) is 3.33. The predicted molar refractivity (Wildman–Crippen MR) is 63.5 cm³/mol. The van der Waals surface area contributed by atoms with Gasteiger partial charge in [0.1, 0.15) is 0 Å². The van der Waals surface area contributed by atoms with Crippen molar-refractivity contribution in [2.75, 3.05) is 13.1 Å². The lowest BCUT2D eigenvalue weighted by atomic mass is 9.91. The number of β-amino-alcohol motifs (C(OH)–C–C–N with tert-alkyl or cyclic N) is 1. The highest BCUT2D eigenvalue weighted by atomic mass is 35.5. The molecule has 0 spiro atoms. The van der Waals surface area contributed by atoms with Gasteiger partial charge in [-0.05, 0) is 13.3 Å². The normalized spacial score (nSPS) is 19.8. The van der Waals surface area contributed by atoms with Crippen LogP contribution >= 0.6 is 11.6 Å². The second kappa shape index (κ2) is 4.02. The Morgan fingerprint density at radius 3 is 2.56 bits per heavy atom. The third kappa shape index (κ3) is 1.97. The van der Waals surface area contributed by atoms with Crippen molar-refractivity contribution < 1.29 is 5.11 Å². The number of hydrogen-bond donors (Lipinski definition) is 1. The summed E-state index contributed by atoms with van der Waals surface area (Å²) < 4.78 is 1.82. The molecule has 1 N–H and O–H groups in total. The standard InChI is InChI=1S/C11H18ClN3O/c1-4-11(16)6-15(7-11)5-9-10(12)8(2)13-14(9)3/h16H,4-7H2,1-3H3. The lowest BCUT2D eigenvalue weighted by Gasteiger charge is -2.46. The van der Waals surface area contributed by atoms with Crippen LogP contribution in [-0.4, -0.2) is 38.5 Å². The molecular formula is C11H18ClN3O. The van der Waals surface area contributed by atoms with Crippen molar-refractivity contribution >= 4 is 11.6 Å². The van der Waals surface area contributed by atoms with E-state index in [0.717, 1.165) is 42.5 Å². The minimum absolute atomic E-state index is 0.486. The minimum atomic E-state index is -0.486. The first-order valence-corrected chi connectivity index (χ1v) is 5.95. The molecular weight excluding hydrogens is 226 g/mol. The first-order chi connectivity index (χ1) is 7.45. The molecule has 0 bridgehead atoms. The highest BCUT2D eigenvalue weighted by molar-refractivity contribution is 6.31. The number of nitrogens with zero attached hydrogens (tertiary/aromatic N) is 3. The number of hydrogen-bond acceptors (Lipinski definition) is 3. The number of aryl methyl sites for hydroxylation is 2. The SMILES string of the molecule is CCC1(O)CN(Cc2c(Cl)c(C)nn2C)C1. The van der Waals surface area contributed by atoms with E-state index in [1.165, 1.54) is 0 Å².